The van der Waals surface area contributed by atoms with Crippen LogP contribution in [0, 0.1) is 5.82 Å². The van der Waals surface area contributed by atoms with Gasteiger partial charge in [0.05, 0.1) is 21.7 Å². The third-order valence-electron chi connectivity index (χ3n) is 3.80. The summed E-state index contributed by atoms with van der Waals surface area (Å²) in [5.41, 5.74) is 7.13. The van der Waals surface area contributed by atoms with Crippen LogP contribution in [-0.4, -0.2) is 21.8 Å². The maximum atomic E-state index is 13.5. The summed E-state index contributed by atoms with van der Waals surface area (Å²) in [6.07, 6.45) is 1.69. The number of hydrogen-bond donors (Lipinski definition) is 1. The molecule has 108 valence electrons. The zero-order valence-electron chi connectivity index (χ0n) is 11.5. The van der Waals surface area contributed by atoms with E-state index < -0.39 is 5.82 Å². The van der Waals surface area contributed by atoms with Crippen molar-refractivity contribution < 1.29 is 9.13 Å². The van der Waals surface area contributed by atoms with Crippen LogP contribution in [0.4, 0.5) is 10.3 Å². The molecule has 0 bridgehead atoms. The molecule has 20 heavy (non-hydrogen) atoms. The second-order valence-corrected chi connectivity index (χ2v) is 6.26. The molecule has 1 saturated heterocycles. The van der Waals surface area contributed by atoms with Crippen LogP contribution >= 0.6 is 11.6 Å². The number of rotatable bonds is 1. The summed E-state index contributed by atoms with van der Waals surface area (Å²) in [6.45, 7) is 4.79. The highest BCUT2D eigenvalue weighted by Crippen LogP contribution is 2.36. The SMILES string of the molecule is CC1(C)CC(n2c(N)nc3cc(F)c(Cl)cc32)CCO1. The molecule has 1 atom stereocenters. The lowest BCUT2D eigenvalue weighted by atomic mass is 9.93. The Morgan fingerprint density at radius 1 is 1.50 bits per heavy atom. The zero-order valence-corrected chi connectivity index (χ0v) is 12.2. The third-order valence-corrected chi connectivity index (χ3v) is 4.08. The van der Waals surface area contributed by atoms with Crippen LogP contribution in [0.25, 0.3) is 11.0 Å². The highest BCUT2D eigenvalue weighted by Gasteiger charge is 2.31. The van der Waals surface area contributed by atoms with Gasteiger partial charge in [-0.2, -0.15) is 0 Å². The number of halogens is 2. The second-order valence-electron chi connectivity index (χ2n) is 5.85. The summed E-state index contributed by atoms with van der Waals surface area (Å²) in [5, 5.41) is 0.0879. The van der Waals surface area contributed by atoms with Crippen molar-refractivity contribution in [3.8, 4) is 0 Å². The van der Waals surface area contributed by atoms with Gasteiger partial charge >= 0.3 is 0 Å². The molecule has 1 aromatic heterocycles. The Kier molecular flexibility index (Phi) is 3.14. The first-order chi connectivity index (χ1) is 9.37. The Bertz CT molecular complexity index is 668. The van der Waals surface area contributed by atoms with Crippen molar-refractivity contribution in [3.05, 3.63) is 23.0 Å². The van der Waals surface area contributed by atoms with Crippen LogP contribution in [0.1, 0.15) is 32.7 Å². The third kappa shape index (κ3) is 2.25. The molecule has 2 N–H and O–H groups in total. The first kappa shape index (κ1) is 13.6. The van der Waals surface area contributed by atoms with Gasteiger partial charge in [-0.1, -0.05) is 11.6 Å². The minimum Gasteiger partial charge on any atom is -0.375 e. The molecular weight excluding hydrogens is 281 g/mol. The minimum atomic E-state index is -0.476. The number of nitrogens with two attached hydrogens (primary N) is 1. The number of ether oxygens (including phenoxy) is 1. The Morgan fingerprint density at radius 2 is 2.25 bits per heavy atom. The van der Waals surface area contributed by atoms with Crippen LogP contribution in [0.3, 0.4) is 0 Å². The highest BCUT2D eigenvalue weighted by atomic mass is 35.5. The molecule has 0 saturated carbocycles. The van der Waals surface area contributed by atoms with Crippen molar-refractivity contribution in [2.24, 2.45) is 0 Å². The van der Waals surface area contributed by atoms with Gasteiger partial charge in [0.25, 0.3) is 0 Å². The summed E-state index contributed by atoms with van der Waals surface area (Å²) in [6, 6.07) is 3.11. The molecule has 1 unspecified atom stereocenters. The number of hydrogen-bond acceptors (Lipinski definition) is 3. The van der Waals surface area contributed by atoms with Gasteiger partial charge in [-0.05, 0) is 32.8 Å². The molecule has 4 nitrogen and oxygen atoms in total. The fraction of sp³-hybridized carbons (Fsp3) is 0.500. The maximum absolute atomic E-state index is 13.5. The number of aromatic nitrogens is 2. The summed E-state index contributed by atoms with van der Waals surface area (Å²) in [5.74, 6) is -0.0829. The van der Waals surface area contributed by atoms with E-state index in [9.17, 15) is 4.39 Å². The van der Waals surface area contributed by atoms with Gasteiger partial charge in [0.15, 0.2) is 0 Å². The zero-order chi connectivity index (χ0) is 14.5. The number of fused-ring (bicyclic) bond motifs is 1. The smallest absolute Gasteiger partial charge is 0.201 e. The molecule has 0 aliphatic carbocycles. The summed E-state index contributed by atoms with van der Waals surface area (Å²) < 4.78 is 21.2. The molecule has 2 heterocycles. The van der Waals surface area contributed by atoms with Crippen molar-refractivity contribution in [2.75, 3.05) is 12.3 Å². The van der Waals surface area contributed by atoms with Gasteiger partial charge < -0.3 is 15.0 Å². The molecule has 6 heteroatoms. The highest BCUT2D eigenvalue weighted by molar-refractivity contribution is 6.31. The summed E-state index contributed by atoms with van der Waals surface area (Å²) in [7, 11) is 0. The number of nitrogen functional groups attached to an aromatic ring is 1. The number of benzene rings is 1. The van der Waals surface area contributed by atoms with Gasteiger partial charge in [-0.15, -0.1) is 0 Å². The van der Waals surface area contributed by atoms with Crippen LogP contribution in [0.2, 0.25) is 5.02 Å². The molecular formula is C14H17ClFN3O. The standard InChI is InChI=1S/C14H17ClFN3O/c1-14(2)7-8(3-4-20-14)19-12-5-9(15)10(16)6-11(12)18-13(19)17/h5-6,8H,3-4,7H2,1-2H3,(H2,17,18). The Hall–Kier alpha value is -1.33. The Labute approximate surface area is 121 Å². The van der Waals surface area contributed by atoms with E-state index in [0.29, 0.717) is 18.1 Å². The van der Waals surface area contributed by atoms with Crippen LogP contribution < -0.4 is 5.73 Å². The molecule has 2 aromatic rings. The maximum Gasteiger partial charge on any atom is 0.201 e. The van der Waals surface area contributed by atoms with E-state index in [1.807, 2.05) is 4.57 Å². The van der Waals surface area contributed by atoms with Crippen molar-refractivity contribution in [1.82, 2.24) is 9.55 Å². The van der Waals surface area contributed by atoms with E-state index in [0.717, 1.165) is 18.4 Å². The van der Waals surface area contributed by atoms with E-state index in [1.165, 1.54) is 6.07 Å². The Balaban J connectivity index is 2.11. The quantitative estimate of drug-likeness (QED) is 0.876. The van der Waals surface area contributed by atoms with Crippen LogP contribution in [0.15, 0.2) is 12.1 Å². The van der Waals surface area contributed by atoms with Gasteiger partial charge in [0, 0.05) is 18.7 Å². The number of imidazole rings is 1. The largest absolute Gasteiger partial charge is 0.375 e. The van der Waals surface area contributed by atoms with E-state index >= 15 is 0 Å². The predicted molar refractivity (Wildman–Crippen MR) is 77.4 cm³/mol. The fourth-order valence-electron chi connectivity index (χ4n) is 2.91. The first-order valence-electron chi connectivity index (χ1n) is 6.64. The summed E-state index contributed by atoms with van der Waals surface area (Å²) >= 11 is 5.88. The molecule has 0 radical (unpaired) electrons. The van der Waals surface area contributed by atoms with E-state index in [2.05, 4.69) is 18.8 Å². The van der Waals surface area contributed by atoms with Gasteiger partial charge in [-0.3, -0.25) is 0 Å². The Morgan fingerprint density at radius 3 is 2.95 bits per heavy atom. The molecule has 1 aliphatic rings. The molecule has 1 aliphatic heterocycles. The lowest BCUT2D eigenvalue weighted by Crippen LogP contribution is -2.35. The lowest BCUT2D eigenvalue weighted by Gasteiger charge is -2.36. The topological polar surface area (TPSA) is 53.1 Å². The average molecular weight is 298 g/mol. The second kappa shape index (κ2) is 4.60. The monoisotopic (exact) mass is 297 g/mol. The van der Waals surface area contributed by atoms with Gasteiger partial charge in [-0.25, -0.2) is 9.37 Å². The molecule has 0 spiro atoms. The molecule has 1 aromatic carbocycles. The summed E-state index contributed by atoms with van der Waals surface area (Å²) in [4.78, 5) is 4.24. The van der Waals surface area contributed by atoms with Gasteiger partial charge in [0.1, 0.15) is 5.82 Å². The average Bonchev–Trinajstić information content (AvgIpc) is 2.64. The molecule has 1 fully saturated rings. The van der Waals surface area contributed by atoms with Crippen molar-refractivity contribution in [3.63, 3.8) is 0 Å². The van der Waals surface area contributed by atoms with Gasteiger partial charge in [0.2, 0.25) is 5.95 Å². The lowest BCUT2D eigenvalue weighted by molar-refractivity contribution is -0.0682. The van der Waals surface area contributed by atoms with E-state index in [4.69, 9.17) is 22.1 Å². The van der Waals surface area contributed by atoms with E-state index in [1.54, 1.807) is 6.07 Å². The first-order valence-corrected chi connectivity index (χ1v) is 7.01. The number of anilines is 1. The molecule has 0 amide bonds. The minimum absolute atomic E-state index is 0.0879. The normalized spacial score (nSPS) is 22.3. The predicted octanol–water partition coefficient (Wildman–Crippen LogP) is 3.54. The van der Waals surface area contributed by atoms with Crippen molar-refractivity contribution >= 4 is 28.6 Å². The van der Waals surface area contributed by atoms with E-state index in [-0.39, 0.29) is 16.7 Å². The number of nitrogens with zero attached hydrogens (tertiary/aromatic N) is 2. The van der Waals surface area contributed by atoms with Crippen molar-refractivity contribution in [1.29, 1.82) is 0 Å². The molecule has 3 rings (SSSR count). The van der Waals surface area contributed by atoms with Crippen LogP contribution in [0.5, 0.6) is 0 Å². The van der Waals surface area contributed by atoms with Crippen molar-refractivity contribution in [2.45, 2.75) is 38.3 Å². The van der Waals surface area contributed by atoms with Crippen LogP contribution in [-0.2, 0) is 4.74 Å². The fourth-order valence-corrected chi connectivity index (χ4v) is 3.07.